The van der Waals surface area contributed by atoms with Crippen molar-refractivity contribution < 1.29 is 8.42 Å². The number of piperidine rings is 1. The van der Waals surface area contributed by atoms with Crippen molar-refractivity contribution >= 4 is 9.84 Å². The Morgan fingerprint density at radius 3 is 2.24 bits per heavy atom. The number of hydrogen-bond donors (Lipinski definition) is 1. The lowest BCUT2D eigenvalue weighted by Crippen LogP contribution is -2.44. The molecule has 0 aromatic carbocycles. The van der Waals surface area contributed by atoms with Crippen LogP contribution in [0, 0.1) is 5.41 Å². The van der Waals surface area contributed by atoms with Crippen LogP contribution in [0.15, 0.2) is 0 Å². The molecule has 0 bridgehead atoms. The molecule has 1 aliphatic rings. The highest BCUT2D eigenvalue weighted by Gasteiger charge is 2.29. The highest BCUT2D eigenvalue weighted by atomic mass is 32.2. The van der Waals surface area contributed by atoms with Crippen molar-refractivity contribution in [2.75, 3.05) is 31.9 Å². The zero-order valence-corrected chi connectivity index (χ0v) is 12.1. The fourth-order valence-electron chi connectivity index (χ4n) is 2.01. The molecule has 0 unspecified atom stereocenters. The lowest BCUT2D eigenvalue weighted by atomic mass is 9.80. The summed E-state index contributed by atoms with van der Waals surface area (Å²) in [6.07, 6.45) is 2.15. The molecule has 102 valence electrons. The third-order valence-electron chi connectivity index (χ3n) is 3.97. The maximum atomic E-state index is 11.7. The van der Waals surface area contributed by atoms with E-state index in [1.807, 2.05) is 0 Å². The van der Waals surface area contributed by atoms with Crippen LogP contribution < -0.4 is 5.73 Å². The zero-order valence-electron chi connectivity index (χ0n) is 11.3. The first-order valence-corrected chi connectivity index (χ1v) is 8.15. The molecular weight excluding hydrogens is 236 g/mol. The summed E-state index contributed by atoms with van der Waals surface area (Å²) >= 11 is 0. The van der Waals surface area contributed by atoms with Gasteiger partial charge in [-0.15, -0.1) is 0 Å². The molecule has 1 fully saturated rings. The second-order valence-corrected chi connectivity index (χ2v) is 8.45. The predicted octanol–water partition coefficient (Wildman–Crippen LogP) is 0.870. The molecular formula is C12H26N2O2S. The van der Waals surface area contributed by atoms with E-state index in [2.05, 4.69) is 11.8 Å². The lowest BCUT2D eigenvalue weighted by Gasteiger charge is -2.38. The minimum atomic E-state index is -2.90. The lowest BCUT2D eigenvalue weighted by molar-refractivity contribution is 0.130. The predicted molar refractivity (Wildman–Crippen MR) is 71.8 cm³/mol. The molecule has 4 nitrogen and oxygen atoms in total. The second kappa shape index (κ2) is 5.67. The summed E-state index contributed by atoms with van der Waals surface area (Å²) in [7, 11) is -2.90. The molecule has 0 atom stereocenters. The molecule has 0 spiro atoms. The topological polar surface area (TPSA) is 63.4 Å². The van der Waals surface area contributed by atoms with E-state index in [0.29, 0.717) is 6.54 Å². The highest BCUT2D eigenvalue weighted by Crippen LogP contribution is 2.29. The van der Waals surface area contributed by atoms with Crippen molar-refractivity contribution in [3.05, 3.63) is 0 Å². The van der Waals surface area contributed by atoms with Crippen LogP contribution in [-0.2, 0) is 9.84 Å². The van der Waals surface area contributed by atoms with E-state index in [1.165, 1.54) is 0 Å². The SMILES string of the molecule is CC(C)S(=O)(=O)CCN1CCC(C)(CN)CC1. The van der Waals surface area contributed by atoms with Crippen LogP contribution in [0.4, 0.5) is 0 Å². The molecule has 0 radical (unpaired) electrons. The normalized spacial score (nSPS) is 21.9. The van der Waals surface area contributed by atoms with Gasteiger partial charge in [0.1, 0.15) is 0 Å². The number of hydrogen-bond acceptors (Lipinski definition) is 4. The van der Waals surface area contributed by atoms with Gasteiger partial charge in [-0.25, -0.2) is 8.42 Å². The third kappa shape index (κ3) is 4.23. The summed E-state index contributed by atoms with van der Waals surface area (Å²) in [4.78, 5) is 2.25. The minimum Gasteiger partial charge on any atom is -0.330 e. The van der Waals surface area contributed by atoms with Crippen LogP contribution in [0.5, 0.6) is 0 Å². The van der Waals surface area contributed by atoms with Gasteiger partial charge < -0.3 is 10.6 Å². The molecule has 1 rings (SSSR count). The molecule has 0 aliphatic carbocycles. The Bertz CT molecular complexity index is 330. The van der Waals surface area contributed by atoms with Crippen molar-refractivity contribution in [1.29, 1.82) is 0 Å². The number of rotatable bonds is 5. The minimum absolute atomic E-state index is 0.257. The van der Waals surface area contributed by atoms with E-state index in [1.54, 1.807) is 13.8 Å². The summed E-state index contributed by atoms with van der Waals surface area (Å²) in [6.45, 7) is 9.05. The Morgan fingerprint density at radius 2 is 1.82 bits per heavy atom. The van der Waals surface area contributed by atoms with Gasteiger partial charge in [-0.3, -0.25) is 0 Å². The van der Waals surface area contributed by atoms with Gasteiger partial charge in [0.25, 0.3) is 0 Å². The van der Waals surface area contributed by atoms with Crippen molar-refractivity contribution in [2.24, 2.45) is 11.1 Å². The van der Waals surface area contributed by atoms with Crippen LogP contribution in [-0.4, -0.2) is 50.5 Å². The molecule has 0 saturated carbocycles. The van der Waals surface area contributed by atoms with Crippen LogP contribution in [0.2, 0.25) is 0 Å². The number of likely N-dealkylation sites (tertiary alicyclic amines) is 1. The van der Waals surface area contributed by atoms with Gasteiger partial charge in [-0.05, 0) is 51.7 Å². The van der Waals surface area contributed by atoms with Crippen molar-refractivity contribution in [2.45, 2.75) is 38.9 Å². The molecule has 1 saturated heterocycles. The second-order valence-electron chi connectivity index (χ2n) is 5.77. The third-order valence-corrected chi connectivity index (χ3v) is 6.15. The highest BCUT2D eigenvalue weighted by molar-refractivity contribution is 7.92. The van der Waals surface area contributed by atoms with E-state index in [9.17, 15) is 8.42 Å². The van der Waals surface area contributed by atoms with Crippen molar-refractivity contribution in [3.8, 4) is 0 Å². The van der Waals surface area contributed by atoms with Gasteiger partial charge in [0.2, 0.25) is 0 Å². The molecule has 17 heavy (non-hydrogen) atoms. The molecule has 0 aromatic rings. The van der Waals surface area contributed by atoms with Crippen LogP contribution in [0.3, 0.4) is 0 Å². The number of sulfone groups is 1. The quantitative estimate of drug-likeness (QED) is 0.798. The van der Waals surface area contributed by atoms with Gasteiger partial charge in [-0.2, -0.15) is 0 Å². The summed E-state index contributed by atoms with van der Waals surface area (Å²) in [6, 6.07) is 0. The van der Waals surface area contributed by atoms with E-state index in [4.69, 9.17) is 5.73 Å². The van der Waals surface area contributed by atoms with Crippen LogP contribution in [0.25, 0.3) is 0 Å². The fourth-order valence-corrected chi connectivity index (χ4v) is 3.00. The van der Waals surface area contributed by atoms with Crippen molar-refractivity contribution in [3.63, 3.8) is 0 Å². The summed E-state index contributed by atoms with van der Waals surface area (Å²) in [5.41, 5.74) is 6.01. The Kier molecular flexibility index (Phi) is 4.98. The maximum absolute atomic E-state index is 11.7. The first-order valence-electron chi connectivity index (χ1n) is 6.43. The summed E-state index contributed by atoms with van der Waals surface area (Å²) in [5, 5.41) is -0.262. The summed E-state index contributed by atoms with van der Waals surface area (Å²) in [5.74, 6) is 0.282. The maximum Gasteiger partial charge on any atom is 0.153 e. The van der Waals surface area contributed by atoms with Gasteiger partial charge in [-0.1, -0.05) is 6.92 Å². The Balaban J connectivity index is 2.37. The fraction of sp³-hybridized carbons (Fsp3) is 1.00. The van der Waals surface area contributed by atoms with E-state index >= 15 is 0 Å². The van der Waals surface area contributed by atoms with E-state index < -0.39 is 9.84 Å². The smallest absolute Gasteiger partial charge is 0.153 e. The molecule has 0 amide bonds. The molecule has 1 aliphatic heterocycles. The first-order chi connectivity index (χ1) is 7.79. The Labute approximate surface area is 105 Å². The summed E-state index contributed by atoms with van der Waals surface area (Å²) < 4.78 is 23.4. The average Bonchev–Trinajstić information content (AvgIpc) is 2.28. The largest absolute Gasteiger partial charge is 0.330 e. The molecule has 5 heteroatoms. The Morgan fingerprint density at radius 1 is 1.29 bits per heavy atom. The number of nitrogens with two attached hydrogens (primary N) is 1. The molecule has 2 N–H and O–H groups in total. The first kappa shape index (κ1) is 14.9. The van der Waals surface area contributed by atoms with Gasteiger partial charge in [0.15, 0.2) is 9.84 Å². The van der Waals surface area contributed by atoms with E-state index in [0.717, 1.165) is 32.5 Å². The zero-order chi connectivity index (χ0) is 13.1. The van der Waals surface area contributed by atoms with Crippen LogP contribution >= 0.6 is 0 Å². The Hall–Kier alpha value is -0.130. The van der Waals surface area contributed by atoms with Gasteiger partial charge >= 0.3 is 0 Å². The van der Waals surface area contributed by atoms with Gasteiger partial charge in [0, 0.05) is 6.54 Å². The standard InChI is InChI=1S/C12H26N2O2S/c1-11(2)17(15,16)9-8-14-6-4-12(3,10-13)5-7-14/h11H,4-10,13H2,1-3H3. The monoisotopic (exact) mass is 262 g/mol. The molecule has 0 aromatic heterocycles. The average molecular weight is 262 g/mol. The number of nitrogens with zero attached hydrogens (tertiary/aromatic N) is 1. The van der Waals surface area contributed by atoms with E-state index in [-0.39, 0.29) is 16.4 Å². The van der Waals surface area contributed by atoms with Gasteiger partial charge in [0.05, 0.1) is 11.0 Å². The van der Waals surface area contributed by atoms with Crippen LogP contribution in [0.1, 0.15) is 33.6 Å². The van der Waals surface area contributed by atoms with Crippen molar-refractivity contribution in [1.82, 2.24) is 4.90 Å². The molecule has 1 heterocycles.